The van der Waals surface area contributed by atoms with E-state index in [0.29, 0.717) is 11.3 Å². The van der Waals surface area contributed by atoms with Gasteiger partial charge in [0.05, 0.1) is 5.56 Å². The minimum Gasteiger partial charge on any atom is -0.334 e. The van der Waals surface area contributed by atoms with Gasteiger partial charge in [0.1, 0.15) is 0 Å². The number of nitrogens with one attached hydrogen (secondary N) is 2. The van der Waals surface area contributed by atoms with Crippen LogP contribution in [0.2, 0.25) is 0 Å². The van der Waals surface area contributed by atoms with E-state index in [1.165, 1.54) is 0 Å². The second-order valence-corrected chi connectivity index (χ2v) is 3.68. The summed E-state index contributed by atoms with van der Waals surface area (Å²) in [5.74, 6) is -0.621. The summed E-state index contributed by atoms with van der Waals surface area (Å²) in [6, 6.07) is 16.6. The third kappa shape index (κ3) is 3.85. The Kier molecular flexibility index (Phi) is 4.12. The first-order chi connectivity index (χ1) is 9.25. The standard InChI is InChI=1S/C14H12N2O3/c17-13(11-7-3-1-4-8-11)19-16-14(18)15-12-9-5-2-6-10-12/h1-10H,(H2,15,16,18). The molecular formula is C14H12N2O3. The Morgan fingerprint density at radius 1 is 0.842 bits per heavy atom. The fourth-order valence-corrected chi connectivity index (χ4v) is 1.40. The smallest absolute Gasteiger partial charge is 0.334 e. The first kappa shape index (κ1) is 12.6. The van der Waals surface area contributed by atoms with Gasteiger partial charge in [-0.2, -0.15) is 5.48 Å². The van der Waals surface area contributed by atoms with Crippen molar-refractivity contribution < 1.29 is 14.4 Å². The lowest BCUT2D eigenvalue weighted by atomic mass is 10.2. The molecule has 19 heavy (non-hydrogen) atoms. The molecule has 0 heterocycles. The Bertz CT molecular complexity index is 555. The fourth-order valence-electron chi connectivity index (χ4n) is 1.40. The highest BCUT2D eigenvalue weighted by Crippen LogP contribution is 2.04. The molecule has 0 aromatic heterocycles. The molecule has 5 nitrogen and oxygen atoms in total. The van der Waals surface area contributed by atoms with Crippen molar-refractivity contribution in [1.82, 2.24) is 5.48 Å². The molecule has 2 amide bonds. The van der Waals surface area contributed by atoms with Gasteiger partial charge in [0.2, 0.25) is 0 Å². The minimum absolute atomic E-state index is 0.363. The van der Waals surface area contributed by atoms with Crippen LogP contribution in [0.25, 0.3) is 0 Å². The van der Waals surface area contributed by atoms with Gasteiger partial charge in [0.25, 0.3) is 0 Å². The number of amides is 2. The molecule has 5 heteroatoms. The molecule has 2 aromatic rings. The Morgan fingerprint density at radius 3 is 2.05 bits per heavy atom. The topological polar surface area (TPSA) is 67.4 Å². The largest absolute Gasteiger partial charge is 0.363 e. The number of hydrogen-bond acceptors (Lipinski definition) is 3. The third-order valence-electron chi connectivity index (χ3n) is 2.28. The summed E-state index contributed by atoms with van der Waals surface area (Å²) in [5.41, 5.74) is 3.00. The van der Waals surface area contributed by atoms with Gasteiger partial charge in [-0.1, -0.05) is 36.4 Å². The van der Waals surface area contributed by atoms with Crippen molar-refractivity contribution in [1.29, 1.82) is 0 Å². The fraction of sp³-hybridized carbons (Fsp3) is 0. The molecule has 0 aliphatic heterocycles. The van der Waals surface area contributed by atoms with Crippen molar-refractivity contribution in [2.24, 2.45) is 0 Å². The zero-order chi connectivity index (χ0) is 13.5. The third-order valence-corrected chi connectivity index (χ3v) is 2.28. The second kappa shape index (κ2) is 6.20. The van der Waals surface area contributed by atoms with E-state index in [1.54, 1.807) is 54.6 Å². The molecular weight excluding hydrogens is 244 g/mol. The lowest BCUT2D eigenvalue weighted by Crippen LogP contribution is -2.31. The van der Waals surface area contributed by atoms with Crippen molar-refractivity contribution in [2.45, 2.75) is 0 Å². The van der Waals surface area contributed by atoms with E-state index in [-0.39, 0.29) is 0 Å². The number of benzene rings is 2. The van der Waals surface area contributed by atoms with E-state index in [0.717, 1.165) is 0 Å². The van der Waals surface area contributed by atoms with Gasteiger partial charge in [0, 0.05) is 5.69 Å². The monoisotopic (exact) mass is 256 g/mol. The molecule has 2 aromatic carbocycles. The summed E-state index contributed by atoms with van der Waals surface area (Å²) in [4.78, 5) is 27.6. The summed E-state index contributed by atoms with van der Waals surface area (Å²) >= 11 is 0. The van der Waals surface area contributed by atoms with Crippen LogP contribution in [-0.4, -0.2) is 12.0 Å². The van der Waals surface area contributed by atoms with Gasteiger partial charge in [-0.3, -0.25) is 0 Å². The predicted molar refractivity (Wildman–Crippen MR) is 70.5 cm³/mol. The Balaban J connectivity index is 1.83. The Labute approximate surface area is 110 Å². The molecule has 0 radical (unpaired) electrons. The van der Waals surface area contributed by atoms with Crippen LogP contribution >= 0.6 is 0 Å². The molecule has 0 spiro atoms. The summed E-state index contributed by atoms with van der Waals surface area (Å²) in [5, 5.41) is 2.52. The zero-order valence-electron chi connectivity index (χ0n) is 10.00. The average molecular weight is 256 g/mol. The van der Waals surface area contributed by atoms with Gasteiger partial charge in [-0.15, -0.1) is 0 Å². The van der Waals surface area contributed by atoms with Crippen LogP contribution in [0.5, 0.6) is 0 Å². The summed E-state index contributed by atoms with van der Waals surface area (Å²) < 4.78 is 0. The van der Waals surface area contributed by atoms with E-state index in [2.05, 4.69) is 10.2 Å². The Hall–Kier alpha value is -2.82. The quantitative estimate of drug-likeness (QED) is 0.811. The van der Waals surface area contributed by atoms with Crippen LogP contribution in [0.4, 0.5) is 10.5 Å². The molecule has 0 fully saturated rings. The normalized spacial score (nSPS) is 9.47. The first-order valence-electron chi connectivity index (χ1n) is 5.64. The average Bonchev–Trinajstić information content (AvgIpc) is 2.47. The van der Waals surface area contributed by atoms with Crippen molar-refractivity contribution >= 4 is 17.7 Å². The molecule has 0 saturated carbocycles. The van der Waals surface area contributed by atoms with Crippen molar-refractivity contribution in [3.05, 3.63) is 66.2 Å². The van der Waals surface area contributed by atoms with E-state index >= 15 is 0 Å². The number of urea groups is 1. The van der Waals surface area contributed by atoms with Gasteiger partial charge >= 0.3 is 12.0 Å². The van der Waals surface area contributed by atoms with E-state index in [4.69, 9.17) is 0 Å². The highest BCUT2D eigenvalue weighted by atomic mass is 16.7. The molecule has 96 valence electrons. The molecule has 2 rings (SSSR count). The minimum atomic E-state index is -0.621. The van der Waals surface area contributed by atoms with Crippen LogP contribution < -0.4 is 10.8 Å². The second-order valence-electron chi connectivity index (χ2n) is 3.68. The van der Waals surface area contributed by atoms with Gasteiger partial charge < -0.3 is 10.2 Å². The van der Waals surface area contributed by atoms with Crippen LogP contribution in [0, 0.1) is 0 Å². The van der Waals surface area contributed by atoms with Gasteiger partial charge in [0.15, 0.2) is 0 Å². The van der Waals surface area contributed by atoms with Crippen LogP contribution in [0.15, 0.2) is 60.7 Å². The zero-order valence-corrected chi connectivity index (χ0v) is 10.00. The molecule has 0 aliphatic rings. The highest BCUT2D eigenvalue weighted by Gasteiger charge is 2.08. The number of carbonyl (C=O) groups is 2. The van der Waals surface area contributed by atoms with Crippen molar-refractivity contribution in [3.63, 3.8) is 0 Å². The SMILES string of the molecule is O=C(NOC(=O)c1ccccc1)Nc1ccccc1. The number of hydrogen-bond donors (Lipinski definition) is 2. The van der Waals surface area contributed by atoms with E-state index < -0.39 is 12.0 Å². The van der Waals surface area contributed by atoms with E-state index in [9.17, 15) is 9.59 Å². The van der Waals surface area contributed by atoms with Gasteiger partial charge in [-0.25, -0.2) is 9.59 Å². The van der Waals surface area contributed by atoms with Crippen LogP contribution in [0.1, 0.15) is 10.4 Å². The van der Waals surface area contributed by atoms with Gasteiger partial charge in [-0.05, 0) is 24.3 Å². The summed E-state index contributed by atoms with van der Waals surface area (Å²) in [7, 11) is 0. The van der Waals surface area contributed by atoms with Crippen molar-refractivity contribution in [3.8, 4) is 0 Å². The molecule has 0 saturated heterocycles. The molecule has 2 N–H and O–H groups in total. The molecule has 0 atom stereocenters. The molecule has 0 unspecified atom stereocenters. The number of hydroxylamine groups is 1. The lowest BCUT2D eigenvalue weighted by molar-refractivity contribution is 0.0340. The first-order valence-corrected chi connectivity index (χ1v) is 5.64. The molecule has 0 bridgehead atoms. The van der Waals surface area contributed by atoms with E-state index in [1.807, 2.05) is 11.5 Å². The van der Waals surface area contributed by atoms with Crippen LogP contribution in [0.3, 0.4) is 0 Å². The summed E-state index contributed by atoms with van der Waals surface area (Å²) in [6.45, 7) is 0. The Morgan fingerprint density at radius 2 is 1.42 bits per heavy atom. The lowest BCUT2D eigenvalue weighted by Gasteiger charge is -2.07. The number of anilines is 1. The van der Waals surface area contributed by atoms with Crippen molar-refractivity contribution in [2.75, 3.05) is 5.32 Å². The number of carbonyl (C=O) groups excluding carboxylic acids is 2. The number of para-hydroxylation sites is 1. The maximum Gasteiger partial charge on any atom is 0.363 e. The maximum absolute atomic E-state index is 11.5. The highest BCUT2D eigenvalue weighted by molar-refractivity contribution is 5.92. The predicted octanol–water partition coefficient (Wildman–Crippen LogP) is 2.58. The molecule has 0 aliphatic carbocycles. The number of rotatable bonds is 2. The maximum atomic E-state index is 11.5. The van der Waals surface area contributed by atoms with Crippen LogP contribution in [-0.2, 0) is 4.84 Å². The summed E-state index contributed by atoms with van der Waals surface area (Å²) in [6.07, 6.45) is 0.